The first kappa shape index (κ1) is 27.9. The van der Waals surface area contributed by atoms with Crippen LogP contribution < -0.4 is 0 Å². The molecule has 0 aromatic heterocycles. The average molecular weight is 298 g/mol. The monoisotopic (exact) mass is 297 g/mol. The molecule has 0 bridgehead atoms. The van der Waals surface area contributed by atoms with E-state index in [1.165, 1.54) is 0 Å². The molecule has 0 aliphatic carbocycles. The van der Waals surface area contributed by atoms with E-state index in [1.807, 2.05) is 0 Å². The van der Waals surface area contributed by atoms with Crippen molar-refractivity contribution < 1.29 is 70.7 Å². The fourth-order valence-electron chi connectivity index (χ4n) is 0. The number of halogens is 1. The van der Waals surface area contributed by atoms with E-state index in [1.54, 1.807) is 0 Å². The predicted octanol–water partition coefficient (Wildman–Crippen LogP) is -0.186. The zero-order chi connectivity index (χ0) is 2.00. The summed E-state index contributed by atoms with van der Waals surface area (Å²) in [7, 11) is 0. The van der Waals surface area contributed by atoms with Crippen LogP contribution in [0.2, 0.25) is 0 Å². The molecule has 5 heavy (non-hydrogen) atoms. The molecular weight excluding hydrogens is 297 g/mol. The van der Waals surface area contributed by atoms with E-state index in [-0.39, 0.29) is 66.5 Å². The van der Waals surface area contributed by atoms with Crippen LogP contribution in [0, 0.1) is 35.6 Å². The van der Waals surface area contributed by atoms with E-state index < -0.39 is 0 Å². The smallest absolute Gasteiger partial charge is 0.197 e. The van der Waals surface area contributed by atoms with Gasteiger partial charge in [-0.15, -0.1) is 0 Å². The largest absolute Gasteiger partial charge is 0.269 e. The van der Waals surface area contributed by atoms with Gasteiger partial charge in [0.15, 0.2) is 12.5 Å². The molecule has 0 aliphatic heterocycles. The van der Waals surface area contributed by atoms with Gasteiger partial charge >= 0.3 is 0 Å². The van der Waals surface area contributed by atoms with Crippen LogP contribution in [-0.2, 0) is 38.7 Å². The fraction of sp³-hybridized carbons (Fsp3) is 0. The summed E-state index contributed by atoms with van der Waals surface area (Å²) < 4.78 is 7.83. The topological polar surface area (TPSA) is 17.1 Å². The molecule has 0 spiro atoms. The average Bonchev–Trinajstić information content (AvgIpc) is 1.00. The van der Waals surface area contributed by atoms with Crippen LogP contribution in [0.15, 0.2) is 0 Å². The molecule has 5 heteroatoms. The molecule has 0 saturated heterocycles. The van der Waals surface area contributed by atoms with Gasteiger partial charge in [0.05, 0.1) is 0 Å². The summed E-state index contributed by atoms with van der Waals surface area (Å²) in [6.07, 6.45) is 0. The summed E-state index contributed by atoms with van der Waals surface area (Å²) in [5.41, 5.74) is 0. The maximum absolute atomic E-state index is 7.83. The summed E-state index contributed by atoms with van der Waals surface area (Å²) in [5.74, 6) is 0. The summed E-state index contributed by atoms with van der Waals surface area (Å²) >= 11 is 2.83. The second-order valence-corrected chi connectivity index (χ2v) is 0. The van der Waals surface area contributed by atoms with Crippen LogP contribution in [0.4, 0.5) is 4.70 Å². The second-order valence-electron chi connectivity index (χ2n) is 0. The molecule has 1 radical (unpaired) electrons. The summed E-state index contributed by atoms with van der Waals surface area (Å²) in [5, 5.41) is 0. The van der Waals surface area contributed by atoms with Gasteiger partial charge in [0, 0.05) is 61.8 Å². The molecule has 0 aliphatic rings. The minimum Gasteiger partial charge on any atom is -0.269 e. The van der Waals surface area contributed by atoms with E-state index >= 15 is 0 Å². The quantitative estimate of drug-likeness (QED) is 0.617. The Labute approximate surface area is 81.9 Å². The van der Waals surface area contributed by atoms with Crippen molar-refractivity contribution in [2.45, 2.75) is 0 Å². The Kier molecular flexibility index (Phi) is 206. The molecule has 0 heterocycles. The van der Waals surface area contributed by atoms with Crippen LogP contribution in [0.25, 0.3) is 0 Å². The van der Waals surface area contributed by atoms with Gasteiger partial charge in [0.2, 0.25) is 0 Å². The molecule has 1 nitrogen and oxygen atoms in total. The zero-order valence-electron chi connectivity index (χ0n) is 2.30. The third-order valence-corrected chi connectivity index (χ3v) is 0. The van der Waals surface area contributed by atoms with E-state index in [4.69, 9.17) is 4.21 Å². The maximum atomic E-state index is 7.83. The molecule has 0 N–H and O–H groups in total. The first-order valence-corrected chi connectivity index (χ1v) is 0.500. The van der Waals surface area contributed by atoms with E-state index in [9.17, 15) is 0 Å². The summed E-state index contributed by atoms with van der Waals surface area (Å²) in [6, 6.07) is 0. The van der Waals surface area contributed by atoms with Crippen molar-refractivity contribution in [1.29, 1.82) is 0 Å². The molecule has 0 fully saturated rings. The maximum Gasteiger partial charge on any atom is 0.197 e. The Morgan fingerprint density at radius 2 is 1.20 bits per heavy atom. The molecule has 0 rings (SSSR count). The third-order valence-electron chi connectivity index (χ3n) is 0. The van der Waals surface area contributed by atoms with Crippen molar-refractivity contribution in [2.24, 2.45) is 0 Å². The molecule has 0 atom stereocenters. The van der Waals surface area contributed by atoms with Crippen molar-refractivity contribution in [2.75, 3.05) is 0 Å². The Morgan fingerprint density at radius 3 is 1.20 bits per heavy atom. The van der Waals surface area contributed by atoms with Gasteiger partial charge in [-0.25, -0.2) is 0 Å². The minimum absolute atomic E-state index is 0. The Balaban J connectivity index is -0.00000000167. The standard InChI is InChI=1S/FH.La.OS.Zr/c;;1-2;/h1H;;;. The summed E-state index contributed by atoms with van der Waals surface area (Å²) in [4.78, 5) is 0. The van der Waals surface area contributed by atoms with Crippen LogP contribution in [0.3, 0.4) is 0 Å². The Bertz CT molecular complexity index is 11.6. The van der Waals surface area contributed by atoms with Crippen molar-refractivity contribution in [1.82, 2.24) is 0 Å². The van der Waals surface area contributed by atoms with Crippen LogP contribution in [0.5, 0.6) is 0 Å². The number of rotatable bonds is 0. The van der Waals surface area contributed by atoms with Crippen LogP contribution >= 0.6 is 0 Å². The van der Waals surface area contributed by atoms with E-state index in [0.29, 0.717) is 0 Å². The van der Waals surface area contributed by atoms with Crippen molar-refractivity contribution in [3.05, 3.63) is 0 Å². The molecule has 0 saturated carbocycles. The van der Waals surface area contributed by atoms with E-state index in [0.717, 1.165) is 0 Å². The summed E-state index contributed by atoms with van der Waals surface area (Å²) in [6.45, 7) is 0. The van der Waals surface area contributed by atoms with Gasteiger partial charge in [-0.3, -0.25) is 4.70 Å². The minimum atomic E-state index is 0. The van der Waals surface area contributed by atoms with Gasteiger partial charge in [-0.05, 0) is 0 Å². The number of hydrogen-bond donors (Lipinski definition) is 0. The van der Waals surface area contributed by atoms with Crippen LogP contribution in [-0.4, -0.2) is 4.21 Å². The normalized spacial score (nSPS) is 0.800. The first-order valence-electron chi connectivity index (χ1n) is 0.167. The molecular formula is HFLaOSZr. The number of hydrogen-bond acceptors (Lipinski definition) is 2. The Morgan fingerprint density at radius 1 is 1.20 bits per heavy atom. The molecule has 0 amide bonds. The van der Waals surface area contributed by atoms with Gasteiger partial charge in [0.25, 0.3) is 0 Å². The van der Waals surface area contributed by atoms with Crippen molar-refractivity contribution in [3.8, 4) is 0 Å². The second kappa shape index (κ2) is 37.1. The van der Waals surface area contributed by atoms with Gasteiger partial charge in [-0.2, -0.15) is 4.21 Å². The van der Waals surface area contributed by atoms with Crippen LogP contribution in [0.1, 0.15) is 0 Å². The van der Waals surface area contributed by atoms with E-state index in [2.05, 4.69) is 12.5 Å². The predicted molar refractivity (Wildman–Crippen MR) is 10.6 cm³/mol. The third kappa shape index (κ3) is 23.8. The molecule has 0 unspecified atom stereocenters. The van der Waals surface area contributed by atoms with Crippen molar-refractivity contribution in [3.63, 3.8) is 0 Å². The SMILES string of the molecule is F.O=S.[La].[Zr]. The van der Waals surface area contributed by atoms with Gasteiger partial charge < -0.3 is 0 Å². The van der Waals surface area contributed by atoms with Crippen molar-refractivity contribution >= 4 is 12.5 Å². The fourth-order valence-corrected chi connectivity index (χ4v) is 0. The van der Waals surface area contributed by atoms with Gasteiger partial charge in [-0.1, -0.05) is 0 Å². The zero-order valence-corrected chi connectivity index (χ0v) is 9.20. The van der Waals surface area contributed by atoms with Gasteiger partial charge in [0.1, 0.15) is 0 Å². The molecule has 0 aromatic rings. The Hall–Kier alpha value is 2.03. The molecule has 0 aromatic carbocycles. The molecule has 27 valence electrons. The first-order chi connectivity index (χ1) is 1.00.